The van der Waals surface area contributed by atoms with Crippen LogP contribution in [0.2, 0.25) is 0 Å². The first-order chi connectivity index (χ1) is 8.38. The van der Waals surface area contributed by atoms with Gasteiger partial charge in [-0.05, 0) is 6.07 Å². The molecule has 0 fully saturated rings. The second-order valence-corrected chi connectivity index (χ2v) is 3.89. The lowest BCUT2D eigenvalue weighted by Crippen LogP contribution is -2.07. The zero-order chi connectivity index (χ0) is 11.7. The van der Waals surface area contributed by atoms with Crippen molar-refractivity contribution in [1.82, 2.24) is 9.97 Å². The Morgan fingerprint density at radius 3 is 2.76 bits per heavy atom. The summed E-state index contributed by atoms with van der Waals surface area (Å²) in [6.07, 6.45) is 3.81. The predicted molar refractivity (Wildman–Crippen MR) is 61.2 cm³/mol. The van der Waals surface area contributed by atoms with Gasteiger partial charge in [-0.15, -0.1) is 0 Å². The Balaban J connectivity index is 1.98. The normalized spacial score (nSPS) is 17.3. The molecule has 4 heteroatoms. The summed E-state index contributed by atoms with van der Waals surface area (Å²) in [6.45, 7) is 0.555. The summed E-state index contributed by atoms with van der Waals surface area (Å²) in [5.41, 5.74) is 1.59. The van der Waals surface area contributed by atoms with Gasteiger partial charge in [0.05, 0.1) is 11.5 Å². The van der Waals surface area contributed by atoms with Crippen molar-refractivity contribution in [1.29, 1.82) is 0 Å². The first kappa shape index (κ1) is 9.96. The fourth-order valence-electron chi connectivity index (χ4n) is 1.97. The van der Waals surface area contributed by atoms with E-state index in [4.69, 9.17) is 4.74 Å². The molecule has 1 unspecified atom stereocenters. The van der Waals surface area contributed by atoms with Crippen LogP contribution in [0.5, 0.6) is 5.75 Å². The number of hydrogen-bond acceptors (Lipinski definition) is 4. The molecule has 1 aromatic carbocycles. The molecule has 3 rings (SSSR count). The molecule has 17 heavy (non-hydrogen) atoms. The fourth-order valence-corrected chi connectivity index (χ4v) is 1.97. The van der Waals surface area contributed by atoms with E-state index in [2.05, 4.69) is 9.97 Å². The lowest BCUT2D eigenvalue weighted by Gasteiger charge is -2.06. The molecular weight excluding hydrogens is 216 g/mol. The lowest BCUT2D eigenvalue weighted by atomic mass is 10.0. The van der Waals surface area contributed by atoms with E-state index >= 15 is 0 Å². The summed E-state index contributed by atoms with van der Waals surface area (Å²) in [4.78, 5) is 18.9. The number of carbonyl (C=O) groups is 1. The van der Waals surface area contributed by atoms with Crippen molar-refractivity contribution in [2.45, 2.75) is 5.92 Å². The Bertz CT molecular complexity index is 552. The summed E-state index contributed by atoms with van der Waals surface area (Å²) in [5, 5.41) is 0. The van der Waals surface area contributed by atoms with E-state index in [1.54, 1.807) is 0 Å². The maximum atomic E-state index is 10.5. The molecule has 0 N–H and O–H groups in total. The average molecular weight is 226 g/mol. The van der Waals surface area contributed by atoms with Gasteiger partial charge in [0.2, 0.25) is 0 Å². The number of rotatable bonds is 2. The second-order valence-electron chi connectivity index (χ2n) is 3.89. The largest absolute Gasteiger partial charge is 0.492 e. The molecule has 1 aliphatic heterocycles. The van der Waals surface area contributed by atoms with Crippen molar-refractivity contribution in [2.24, 2.45) is 0 Å². The molecule has 0 saturated carbocycles. The molecule has 0 bridgehead atoms. The third-order valence-electron chi connectivity index (χ3n) is 2.84. The molecule has 0 aliphatic carbocycles. The van der Waals surface area contributed by atoms with E-state index < -0.39 is 0 Å². The summed E-state index contributed by atoms with van der Waals surface area (Å²) in [5.74, 6) is 1.65. The van der Waals surface area contributed by atoms with Crippen LogP contribution in [0, 0.1) is 0 Å². The summed E-state index contributed by atoms with van der Waals surface area (Å²) in [7, 11) is 0. The van der Waals surface area contributed by atoms with Crippen LogP contribution in [-0.4, -0.2) is 22.9 Å². The van der Waals surface area contributed by atoms with Crippen molar-refractivity contribution in [2.75, 3.05) is 6.61 Å². The molecule has 1 aliphatic rings. The van der Waals surface area contributed by atoms with Gasteiger partial charge in [0.15, 0.2) is 6.29 Å². The number of hydrogen-bond donors (Lipinski definition) is 0. The number of para-hydroxylation sites is 1. The maximum absolute atomic E-state index is 10.5. The topological polar surface area (TPSA) is 52.1 Å². The van der Waals surface area contributed by atoms with Gasteiger partial charge in [0, 0.05) is 18.0 Å². The van der Waals surface area contributed by atoms with E-state index in [9.17, 15) is 4.79 Å². The third-order valence-corrected chi connectivity index (χ3v) is 2.84. The van der Waals surface area contributed by atoms with E-state index in [1.165, 1.54) is 12.4 Å². The zero-order valence-corrected chi connectivity index (χ0v) is 9.04. The molecule has 1 aromatic heterocycles. The third kappa shape index (κ3) is 1.67. The molecule has 4 nitrogen and oxygen atoms in total. The zero-order valence-electron chi connectivity index (χ0n) is 9.04. The van der Waals surface area contributed by atoms with Crippen molar-refractivity contribution in [3.63, 3.8) is 0 Å². The Labute approximate surface area is 98.3 Å². The molecule has 84 valence electrons. The van der Waals surface area contributed by atoms with Gasteiger partial charge in [-0.25, -0.2) is 9.97 Å². The van der Waals surface area contributed by atoms with Crippen LogP contribution in [-0.2, 0) is 0 Å². The van der Waals surface area contributed by atoms with Gasteiger partial charge in [-0.2, -0.15) is 0 Å². The molecule has 0 radical (unpaired) electrons. The number of aromatic nitrogens is 2. The van der Waals surface area contributed by atoms with Crippen molar-refractivity contribution < 1.29 is 9.53 Å². The number of carbonyl (C=O) groups excluding carboxylic acids is 1. The number of aldehydes is 1. The molecule has 1 atom stereocenters. The van der Waals surface area contributed by atoms with Crippen LogP contribution in [0.1, 0.15) is 27.7 Å². The molecule has 0 saturated heterocycles. The Morgan fingerprint density at radius 2 is 2.00 bits per heavy atom. The van der Waals surface area contributed by atoms with Crippen molar-refractivity contribution in [3.8, 4) is 5.75 Å². The lowest BCUT2D eigenvalue weighted by molar-refractivity contribution is 0.112. The standard InChI is InChI=1S/C13H10N2O2/c16-7-9-5-14-13(15-6-9)11-8-17-12-4-2-1-3-10(11)12/h1-7,11H,8H2. The van der Waals surface area contributed by atoms with E-state index in [1.807, 2.05) is 24.3 Å². The van der Waals surface area contributed by atoms with Crippen LogP contribution < -0.4 is 4.74 Å². The minimum Gasteiger partial charge on any atom is -0.492 e. The molecule has 0 spiro atoms. The second kappa shape index (κ2) is 3.97. The van der Waals surface area contributed by atoms with E-state index in [0.29, 0.717) is 18.0 Å². The van der Waals surface area contributed by atoms with Gasteiger partial charge in [0.25, 0.3) is 0 Å². The predicted octanol–water partition coefficient (Wildman–Crippen LogP) is 1.81. The van der Waals surface area contributed by atoms with Gasteiger partial charge in [-0.1, -0.05) is 18.2 Å². The monoisotopic (exact) mass is 226 g/mol. The Hall–Kier alpha value is -2.23. The summed E-state index contributed by atoms with van der Waals surface area (Å²) in [6, 6.07) is 7.87. The van der Waals surface area contributed by atoms with Crippen LogP contribution in [0.4, 0.5) is 0 Å². The number of ether oxygens (including phenoxy) is 1. The minimum atomic E-state index is 0.0619. The molecular formula is C13H10N2O2. The molecule has 0 amide bonds. The quantitative estimate of drug-likeness (QED) is 0.733. The maximum Gasteiger partial charge on any atom is 0.153 e. The van der Waals surface area contributed by atoms with Gasteiger partial charge < -0.3 is 4.74 Å². The first-order valence-corrected chi connectivity index (χ1v) is 5.37. The smallest absolute Gasteiger partial charge is 0.153 e. The minimum absolute atomic E-state index is 0.0619. The van der Waals surface area contributed by atoms with Crippen LogP contribution in [0.15, 0.2) is 36.7 Å². The van der Waals surface area contributed by atoms with E-state index in [0.717, 1.165) is 17.6 Å². The molecule has 2 aromatic rings. The van der Waals surface area contributed by atoms with Crippen LogP contribution in [0.25, 0.3) is 0 Å². The van der Waals surface area contributed by atoms with Crippen LogP contribution >= 0.6 is 0 Å². The van der Waals surface area contributed by atoms with Crippen molar-refractivity contribution >= 4 is 6.29 Å². The number of benzene rings is 1. The van der Waals surface area contributed by atoms with Crippen LogP contribution in [0.3, 0.4) is 0 Å². The highest BCUT2D eigenvalue weighted by Crippen LogP contribution is 2.36. The van der Waals surface area contributed by atoms with Gasteiger partial charge in [-0.3, -0.25) is 4.79 Å². The SMILES string of the molecule is O=Cc1cnc(C2COc3ccccc32)nc1. The fraction of sp³-hybridized carbons (Fsp3) is 0.154. The summed E-state index contributed by atoms with van der Waals surface area (Å²) >= 11 is 0. The first-order valence-electron chi connectivity index (χ1n) is 5.37. The Morgan fingerprint density at radius 1 is 1.24 bits per heavy atom. The van der Waals surface area contributed by atoms with E-state index in [-0.39, 0.29) is 5.92 Å². The van der Waals surface area contributed by atoms with Gasteiger partial charge >= 0.3 is 0 Å². The average Bonchev–Trinajstić information content (AvgIpc) is 2.83. The number of fused-ring (bicyclic) bond motifs is 1. The van der Waals surface area contributed by atoms with Gasteiger partial charge in [0.1, 0.15) is 18.2 Å². The highest BCUT2D eigenvalue weighted by molar-refractivity contribution is 5.73. The highest BCUT2D eigenvalue weighted by Gasteiger charge is 2.27. The Kier molecular flexibility index (Phi) is 2.33. The number of nitrogens with zero attached hydrogens (tertiary/aromatic N) is 2. The molecule has 2 heterocycles. The summed E-state index contributed by atoms with van der Waals surface area (Å²) < 4.78 is 5.57. The van der Waals surface area contributed by atoms with Crippen molar-refractivity contribution in [3.05, 3.63) is 53.6 Å². The highest BCUT2D eigenvalue weighted by atomic mass is 16.5.